The number of rotatable bonds is 7. The molecule has 6 nitrogen and oxygen atoms in total. The number of aldehydes is 1. The summed E-state index contributed by atoms with van der Waals surface area (Å²) in [5.41, 5.74) is 1.11. The van der Waals surface area contributed by atoms with Crippen LogP contribution in [0.2, 0.25) is 0 Å². The van der Waals surface area contributed by atoms with Gasteiger partial charge in [-0.2, -0.15) is 0 Å². The molecular formula is C10H17N3O3. The van der Waals surface area contributed by atoms with E-state index in [1.54, 1.807) is 18.7 Å². The van der Waals surface area contributed by atoms with Gasteiger partial charge >= 0.3 is 0 Å². The number of methoxy groups -OCH3 is 1. The van der Waals surface area contributed by atoms with Gasteiger partial charge in [-0.05, 0) is 13.3 Å². The number of nitrogens with zero attached hydrogens (tertiary/aromatic N) is 3. The maximum atomic E-state index is 10.7. The minimum absolute atomic E-state index is 0.350. The summed E-state index contributed by atoms with van der Waals surface area (Å²) in [7, 11) is 1.60. The Kier molecular flexibility index (Phi) is 5.07. The Morgan fingerprint density at radius 3 is 2.94 bits per heavy atom. The van der Waals surface area contributed by atoms with Crippen LogP contribution in [0.15, 0.2) is 0 Å². The predicted octanol–water partition coefficient (Wildman–Crippen LogP) is 0.0504. The van der Waals surface area contributed by atoms with E-state index in [-0.39, 0.29) is 6.10 Å². The molecule has 1 aromatic heterocycles. The summed E-state index contributed by atoms with van der Waals surface area (Å²) >= 11 is 0. The number of carbonyl (C=O) groups excluding carboxylic acids is 1. The second-order valence-corrected chi connectivity index (χ2v) is 3.64. The van der Waals surface area contributed by atoms with Crippen molar-refractivity contribution in [2.75, 3.05) is 13.7 Å². The van der Waals surface area contributed by atoms with E-state index in [9.17, 15) is 9.90 Å². The number of aliphatic hydroxyl groups excluding tert-OH is 1. The highest BCUT2D eigenvalue weighted by Crippen LogP contribution is 2.06. The molecule has 6 heteroatoms. The minimum Gasteiger partial charge on any atom is -0.393 e. The largest absolute Gasteiger partial charge is 0.393 e. The van der Waals surface area contributed by atoms with E-state index < -0.39 is 0 Å². The number of hydrogen-bond donors (Lipinski definition) is 1. The Hall–Kier alpha value is -1.27. The van der Waals surface area contributed by atoms with E-state index in [1.165, 1.54) is 0 Å². The van der Waals surface area contributed by atoms with Crippen molar-refractivity contribution in [3.63, 3.8) is 0 Å². The Balaban J connectivity index is 2.73. The van der Waals surface area contributed by atoms with Crippen LogP contribution < -0.4 is 0 Å². The van der Waals surface area contributed by atoms with Gasteiger partial charge in [0, 0.05) is 20.1 Å². The van der Waals surface area contributed by atoms with Crippen LogP contribution in [0.4, 0.5) is 0 Å². The molecule has 0 fully saturated rings. The standard InChI is InChI=1S/C10H17N3O3/c1-8(15)3-5-13-10(4-6-16-2)9(7-14)11-12-13/h7-8,15H,3-6H2,1-2H3. The van der Waals surface area contributed by atoms with Crippen LogP contribution in [0.1, 0.15) is 29.5 Å². The van der Waals surface area contributed by atoms with E-state index in [1.807, 2.05) is 0 Å². The van der Waals surface area contributed by atoms with E-state index in [0.29, 0.717) is 38.0 Å². The third-order valence-electron chi connectivity index (χ3n) is 2.28. The molecule has 1 aromatic rings. The first-order valence-electron chi connectivity index (χ1n) is 5.23. The van der Waals surface area contributed by atoms with Crippen molar-refractivity contribution in [3.05, 3.63) is 11.4 Å². The third kappa shape index (κ3) is 3.39. The second kappa shape index (κ2) is 6.34. The van der Waals surface area contributed by atoms with Gasteiger partial charge in [0.05, 0.1) is 18.4 Å². The molecule has 1 rings (SSSR count). The SMILES string of the molecule is COCCc1c(C=O)nnn1CCC(C)O. The Morgan fingerprint density at radius 2 is 2.38 bits per heavy atom. The monoisotopic (exact) mass is 227 g/mol. The van der Waals surface area contributed by atoms with Gasteiger partial charge in [-0.3, -0.25) is 4.79 Å². The molecule has 0 saturated carbocycles. The topological polar surface area (TPSA) is 77.2 Å². The highest BCUT2D eigenvalue weighted by Gasteiger charge is 2.12. The summed E-state index contributed by atoms with van der Waals surface area (Å²) in [6.07, 6.45) is 1.48. The molecule has 0 bridgehead atoms. The second-order valence-electron chi connectivity index (χ2n) is 3.64. The average molecular weight is 227 g/mol. The van der Waals surface area contributed by atoms with Crippen LogP contribution in [-0.4, -0.2) is 46.2 Å². The highest BCUT2D eigenvalue weighted by molar-refractivity contribution is 5.73. The summed E-state index contributed by atoms with van der Waals surface area (Å²) in [6, 6.07) is 0. The van der Waals surface area contributed by atoms with Gasteiger partial charge in [0.2, 0.25) is 0 Å². The van der Waals surface area contributed by atoms with Crippen LogP contribution in [0, 0.1) is 0 Å². The average Bonchev–Trinajstić information content (AvgIpc) is 2.65. The first-order valence-corrected chi connectivity index (χ1v) is 5.23. The molecule has 0 amide bonds. The summed E-state index contributed by atoms with van der Waals surface area (Å²) in [5.74, 6) is 0. The number of carbonyl (C=O) groups is 1. The van der Waals surface area contributed by atoms with Gasteiger partial charge in [0.25, 0.3) is 0 Å². The third-order valence-corrected chi connectivity index (χ3v) is 2.28. The van der Waals surface area contributed by atoms with Crippen LogP contribution in [0.3, 0.4) is 0 Å². The molecule has 1 unspecified atom stereocenters. The lowest BCUT2D eigenvalue weighted by atomic mass is 10.2. The van der Waals surface area contributed by atoms with Crippen LogP contribution in [0.5, 0.6) is 0 Å². The predicted molar refractivity (Wildman–Crippen MR) is 57.3 cm³/mol. The van der Waals surface area contributed by atoms with Crippen molar-refractivity contribution >= 4 is 6.29 Å². The zero-order valence-corrected chi connectivity index (χ0v) is 9.59. The quantitative estimate of drug-likeness (QED) is 0.666. The fraction of sp³-hybridized carbons (Fsp3) is 0.700. The lowest BCUT2D eigenvalue weighted by Gasteiger charge is -2.07. The number of aromatic nitrogens is 3. The van der Waals surface area contributed by atoms with E-state index in [0.717, 1.165) is 5.69 Å². The van der Waals surface area contributed by atoms with E-state index >= 15 is 0 Å². The smallest absolute Gasteiger partial charge is 0.172 e. The fourth-order valence-electron chi connectivity index (χ4n) is 1.38. The Labute approximate surface area is 94.2 Å². The van der Waals surface area contributed by atoms with E-state index in [2.05, 4.69) is 10.3 Å². The van der Waals surface area contributed by atoms with Gasteiger partial charge in [-0.1, -0.05) is 5.21 Å². The normalized spacial score (nSPS) is 12.7. The Bertz CT molecular complexity index is 336. The fourth-order valence-corrected chi connectivity index (χ4v) is 1.38. The van der Waals surface area contributed by atoms with Gasteiger partial charge in [0.15, 0.2) is 6.29 Å². The molecule has 0 aliphatic rings. The number of aliphatic hydroxyl groups is 1. The summed E-state index contributed by atoms with van der Waals surface area (Å²) in [6.45, 7) is 2.78. The highest BCUT2D eigenvalue weighted by atomic mass is 16.5. The molecule has 1 N–H and O–H groups in total. The van der Waals surface area contributed by atoms with Crippen LogP contribution in [0.25, 0.3) is 0 Å². The molecule has 16 heavy (non-hydrogen) atoms. The summed E-state index contributed by atoms with van der Waals surface area (Å²) in [4.78, 5) is 10.7. The van der Waals surface area contributed by atoms with Crippen LogP contribution in [-0.2, 0) is 17.7 Å². The molecule has 0 spiro atoms. The zero-order valence-electron chi connectivity index (χ0n) is 9.59. The molecule has 0 radical (unpaired) electrons. The summed E-state index contributed by atoms with van der Waals surface area (Å²) < 4.78 is 6.61. The number of ether oxygens (including phenoxy) is 1. The van der Waals surface area contributed by atoms with Crippen molar-refractivity contribution in [2.45, 2.75) is 32.4 Å². The lowest BCUT2D eigenvalue weighted by molar-refractivity contribution is 0.111. The van der Waals surface area contributed by atoms with Gasteiger partial charge in [0.1, 0.15) is 5.69 Å². The zero-order chi connectivity index (χ0) is 12.0. The maximum Gasteiger partial charge on any atom is 0.172 e. The van der Waals surface area contributed by atoms with E-state index in [4.69, 9.17) is 4.74 Å². The molecule has 1 heterocycles. The molecule has 1 atom stereocenters. The van der Waals surface area contributed by atoms with Crippen molar-refractivity contribution in [1.29, 1.82) is 0 Å². The van der Waals surface area contributed by atoms with Crippen molar-refractivity contribution < 1.29 is 14.6 Å². The minimum atomic E-state index is -0.390. The first kappa shape index (κ1) is 12.8. The molecule has 90 valence electrons. The van der Waals surface area contributed by atoms with Crippen molar-refractivity contribution in [1.82, 2.24) is 15.0 Å². The first-order chi connectivity index (χ1) is 7.69. The van der Waals surface area contributed by atoms with Crippen molar-refractivity contribution in [2.24, 2.45) is 0 Å². The van der Waals surface area contributed by atoms with Crippen molar-refractivity contribution in [3.8, 4) is 0 Å². The summed E-state index contributed by atoms with van der Waals surface area (Å²) in [5, 5.41) is 16.8. The molecule has 0 saturated heterocycles. The maximum absolute atomic E-state index is 10.7. The molecule has 0 aliphatic carbocycles. The lowest BCUT2D eigenvalue weighted by Crippen LogP contribution is -2.12. The molecular weight excluding hydrogens is 210 g/mol. The van der Waals surface area contributed by atoms with Crippen LogP contribution >= 0.6 is 0 Å². The number of hydrogen-bond acceptors (Lipinski definition) is 5. The van der Waals surface area contributed by atoms with Gasteiger partial charge in [-0.25, -0.2) is 4.68 Å². The molecule has 0 aliphatic heterocycles. The van der Waals surface area contributed by atoms with Gasteiger partial charge < -0.3 is 9.84 Å². The number of aryl methyl sites for hydroxylation is 1. The van der Waals surface area contributed by atoms with Gasteiger partial charge in [-0.15, -0.1) is 5.10 Å². The molecule has 0 aromatic carbocycles. The Morgan fingerprint density at radius 1 is 1.62 bits per heavy atom.